The fourth-order valence-electron chi connectivity index (χ4n) is 2.17. The molecule has 0 unspecified atom stereocenters. The molecule has 3 aromatic rings. The highest BCUT2D eigenvalue weighted by atomic mass is 79.9. The number of hydrogen-bond acceptors (Lipinski definition) is 2. The number of para-hydroxylation sites is 1. The molecule has 6 heteroatoms. The van der Waals surface area contributed by atoms with E-state index in [9.17, 15) is 14.7 Å². The monoisotopic (exact) mass is 332 g/mol. The SMILES string of the molecule is O=C(O)c1cccc2[nH]c(=O)n(-c3ccc(Br)cc3)c12. The molecule has 0 saturated carbocycles. The molecule has 0 bridgehead atoms. The maximum Gasteiger partial charge on any atom is 0.337 e. The van der Waals surface area contributed by atoms with Gasteiger partial charge in [0.2, 0.25) is 0 Å². The van der Waals surface area contributed by atoms with Crippen LogP contribution in [0.2, 0.25) is 0 Å². The van der Waals surface area contributed by atoms with Crippen molar-refractivity contribution in [3.8, 4) is 5.69 Å². The number of aromatic nitrogens is 2. The van der Waals surface area contributed by atoms with Crippen molar-refractivity contribution in [3.63, 3.8) is 0 Å². The van der Waals surface area contributed by atoms with E-state index in [2.05, 4.69) is 20.9 Å². The van der Waals surface area contributed by atoms with Gasteiger partial charge in [0.15, 0.2) is 0 Å². The zero-order valence-corrected chi connectivity index (χ0v) is 11.7. The van der Waals surface area contributed by atoms with E-state index in [0.29, 0.717) is 16.7 Å². The van der Waals surface area contributed by atoms with Crippen LogP contribution in [0.3, 0.4) is 0 Å². The Hall–Kier alpha value is -2.34. The summed E-state index contributed by atoms with van der Waals surface area (Å²) in [5, 5.41) is 9.27. The van der Waals surface area contributed by atoms with Gasteiger partial charge >= 0.3 is 11.7 Å². The van der Waals surface area contributed by atoms with Gasteiger partial charge in [0.25, 0.3) is 0 Å². The maximum atomic E-state index is 12.1. The molecular formula is C14H9BrN2O3. The zero-order valence-electron chi connectivity index (χ0n) is 10.1. The van der Waals surface area contributed by atoms with Gasteiger partial charge in [0.1, 0.15) is 0 Å². The number of H-pyrrole nitrogens is 1. The number of aromatic amines is 1. The van der Waals surface area contributed by atoms with Crippen LogP contribution in [0.25, 0.3) is 16.7 Å². The van der Waals surface area contributed by atoms with Gasteiger partial charge in [0, 0.05) is 4.47 Å². The van der Waals surface area contributed by atoms with E-state index in [4.69, 9.17) is 0 Å². The predicted octanol–water partition coefficient (Wildman–Crippen LogP) is 2.78. The van der Waals surface area contributed by atoms with Gasteiger partial charge in [-0.25, -0.2) is 9.59 Å². The molecule has 0 radical (unpaired) electrons. The molecule has 0 spiro atoms. The van der Waals surface area contributed by atoms with Crippen molar-refractivity contribution in [1.82, 2.24) is 9.55 Å². The predicted molar refractivity (Wildman–Crippen MR) is 78.6 cm³/mol. The first kappa shape index (κ1) is 12.7. The summed E-state index contributed by atoms with van der Waals surface area (Å²) in [4.78, 5) is 26.1. The van der Waals surface area contributed by atoms with Gasteiger partial charge in [-0.2, -0.15) is 0 Å². The summed E-state index contributed by atoms with van der Waals surface area (Å²) >= 11 is 3.33. The number of imidazole rings is 1. The third-order valence-electron chi connectivity index (χ3n) is 3.02. The normalized spacial score (nSPS) is 10.8. The van der Waals surface area contributed by atoms with Crippen LogP contribution < -0.4 is 5.69 Å². The second-order valence-electron chi connectivity index (χ2n) is 4.25. The van der Waals surface area contributed by atoms with Crippen LogP contribution >= 0.6 is 15.9 Å². The molecule has 0 amide bonds. The topological polar surface area (TPSA) is 75.1 Å². The lowest BCUT2D eigenvalue weighted by atomic mass is 10.2. The van der Waals surface area contributed by atoms with Crippen LogP contribution in [-0.2, 0) is 0 Å². The molecule has 1 aromatic heterocycles. The van der Waals surface area contributed by atoms with Crippen LogP contribution in [0.15, 0.2) is 51.7 Å². The van der Waals surface area contributed by atoms with Crippen molar-refractivity contribution in [2.45, 2.75) is 0 Å². The maximum absolute atomic E-state index is 12.1. The molecule has 100 valence electrons. The quantitative estimate of drug-likeness (QED) is 0.757. The van der Waals surface area contributed by atoms with Gasteiger partial charge in [-0.3, -0.25) is 4.57 Å². The lowest BCUT2D eigenvalue weighted by Gasteiger charge is -2.05. The standard InChI is InChI=1S/C14H9BrN2O3/c15-8-4-6-9(7-5-8)17-12-10(13(18)19)2-1-3-11(12)16-14(17)20/h1-7H,(H,16,20)(H,18,19). The second kappa shape index (κ2) is 4.64. The molecule has 0 aliphatic rings. The van der Waals surface area contributed by atoms with Crippen molar-refractivity contribution in [1.29, 1.82) is 0 Å². The number of carboxylic acid groups (broad SMARTS) is 1. The lowest BCUT2D eigenvalue weighted by Crippen LogP contribution is -2.15. The summed E-state index contributed by atoms with van der Waals surface area (Å²) in [5.74, 6) is -1.07. The van der Waals surface area contributed by atoms with Crippen LogP contribution in [0.1, 0.15) is 10.4 Å². The number of benzene rings is 2. The van der Waals surface area contributed by atoms with Gasteiger partial charge in [-0.1, -0.05) is 22.0 Å². The number of nitrogens with one attached hydrogen (secondary N) is 1. The van der Waals surface area contributed by atoms with E-state index in [0.717, 1.165) is 4.47 Å². The number of nitrogens with zero attached hydrogens (tertiary/aromatic N) is 1. The Bertz CT molecular complexity index is 862. The number of carboxylic acids is 1. The Balaban J connectivity index is 2.40. The fourth-order valence-corrected chi connectivity index (χ4v) is 2.43. The summed E-state index contributed by atoms with van der Waals surface area (Å²) in [6, 6.07) is 11.8. The van der Waals surface area contributed by atoms with E-state index < -0.39 is 5.97 Å². The minimum Gasteiger partial charge on any atom is -0.478 e. The third-order valence-corrected chi connectivity index (χ3v) is 3.55. The average Bonchev–Trinajstić information content (AvgIpc) is 2.75. The number of aromatic carboxylic acids is 1. The molecule has 0 atom stereocenters. The van der Waals surface area contributed by atoms with E-state index in [1.807, 2.05) is 0 Å². The highest BCUT2D eigenvalue weighted by Crippen LogP contribution is 2.21. The molecule has 2 N–H and O–H groups in total. The number of halogens is 1. The van der Waals surface area contributed by atoms with Gasteiger partial charge < -0.3 is 10.1 Å². The Morgan fingerprint density at radius 3 is 2.50 bits per heavy atom. The first-order valence-electron chi connectivity index (χ1n) is 5.81. The summed E-state index contributed by atoms with van der Waals surface area (Å²) in [6.45, 7) is 0. The van der Waals surface area contributed by atoms with Gasteiger partial charge in [0.05, 0.1) is 22.3 Å². The number of hydrogen-bond donors (Lipinski definition) is 2. The number of fused-ring (bicyclic) bond motifs is 1. The van der Waals surface area contributed by atoms with Crippen LogP contribution in [0.4, 0.5) is 0 Å². The Kier molecular flexibility index (Phi) is 2.94. The van der Waals surface area contributed by atoms with Gasteiger partial charge in [-0.05, 0) is 36.4 Å². The Morgan fingerprint density at radius 2 is 1.85 bits per heavy atom. The largest absolute Gasteiger partial charge is 0.478 e. The van der Waals surface area contributed by atoms with E-state index in [1.54, 1.807) is 36.4 Å². The first-order chi connectivity index (χ1) is 9.58. The van der Waals surface area contributed by atoms with Crippen LogP contribution in [-0.4, -0.2) is 20.6 Å². The number of carbonyl (C=O) groups is 1. The molecule has 0 saturated heterocycles. The summed E-state index contributed by atoms with van der Waals surface area (Å²) in [6.07, 6.45) is 0. The van der Waals surface area contributed by atoms with Crippen LogP contribution in [0.5, 0.6) is 0 Å². The molecule has 1 heterocycles. The first-order valence-corrected chi connectivity index (χ1v) is 6.60. The summed E-state index contributed by atoms with van der Waals surface area (Å²) in [5.41, 5.74) is 1.20. The van der Waals surface area contributed by atoms with E-state index in [1.165, 1.54) is 10.6 Å². The van der Waals surface area contributed by atoms with Crippen molar-refractivity contribution >= 4 is 32.9 Å². The molecule has 0 fully saturated rings. The number of rotatable bonds is 2. The van der Waals surface area contributed by atoms with Crippen LogP contribution in [0, 0.1) is 0 Å². The molecule has 5 nitrogen and oxygen atoms in total. The second-order valence-corrected chi connectivity index (χ2v) is 5.16. The van der Waals surface area contributed by atoms with Crippen molar-refractivity contribution in [2.24, 2.45) is 0 Å². The summed E-state index contributed by atoms with van der Waals surface area (Å²) < 4.78 is 2.25. The molecule has 20 heavy (non-hydrogen) atoms. The molecule has 2 aromatic carbocycles. The minimum absolute atomic E-state index is 0.0868. The lowest BCUT2D eigenvalue weighted by molar-refractivity contribution is 0.0698. The molecular weight excluding hydrogens is 324 g/mol. The fraction of sp³-hybridized carbons (Fsp3) is 0. The minimum atomic E-state index is -1.07. The Labute approximate surface area is 121 Å². The highest BCUT2D eigenvalue weighted by molar-refractivity contribution is 9.10. The molecule has 0 aliphatic heterocycles. The van der Waals surface area contributed by atoms with E-state index >= 15 is 0 Å². The van der Waals surface area contributed by atoms with Gasteiger partial charge in [-0.15, -0.1) is 0 Å². The average molecular weight is 333 g/mol. The molecule has 3 rings (SSSR count). The smallest absolute Gasteiger partial charge is 0.337 e. The third kappa shape index (κ3) is 1.94. The van der Waals surface area contributed by atoms with Crippen molar-refractivity contribution in [3.05, 3.63) is 63.0 Å². The van der Waals surface area contributed by atoms with Crippen molar-refractivity contribution < 1.29 is 9.90 Å². The van der Waals surface area contributed by atoms with Crippen molar-refractivity contribution in [2.75, 3.05) is 0 Å². The molecule has 0 aliphatic carbocycles. The highest BCUT2D eigenvalue weighted by Gasteiger charge is 2.16. The summed E-state index contributed by atoms with van der Waals surface area (Å²) in [7, 11) is 0. The van der Waals surface area contributed by atoms with E-state index in [-0.39, 0.29) is 11.3 Å². The Morgan fingerprint density at radius 1 is 1.15 bits per heavy atom. The zero-order chi connectivity index (χ0) is 14.3.